The molecular weight excluding hydrogens is 382 g/mol. The Morgan fingerprint density at radius 2 is 2.07 bits per heavy atom. The van der Waals surface area contributed by atoms with E-state index in [-0.39, 0.29) is 11.8 Å². The monoisotopic (exact) mass is 409 g/mol. The molecule has 1 aliphatic heterocycles. The SMILES string of the molecule is CCOc1ccc2nc(N3CCC[C@@H](C(=O)Nc4ccc(CC)cc4)C3)sc2c1. The minimum absolute atomic E-state index is 0.0272. The van der Waals surface area contributed by atoms with Gasteiger partial charge in [-0.05, 0) is 62.1 Å². The molecule has 2 aromatic carbocycles. The highest BCUT2D eigenvalue weighted by Crippen LogP contribution is 2.33. The Morgan fingerprint density at radius 3 is 2.83 bits per heavy atom. The molecule has 0 aliphatic carbocycles. The highest BCUT2D eigenvalue weighted by molar-refractivity contribution is 7.22. The second-order valence-corrected chi connectivity index (χ2v) is 8.39. The third-order valence-electron chi connectivity index (χ3n) is 5.35. The molecule has 0 spiro atoms. The van der Waals surface area contributed by atoms with E-state index in [1.54, 1.807) is 11.3 Å². The van der Waals surface area contributed by atoms with Gasteiger partial charge in [-0.15, -0.1) is 0 Å². The summed E-state index contributed by atoms with van der Waals surface area (Å²) in [6.07, 6.45) is 2.90. The van der Waals surface area contributed by atoms with Gasteiger partial charge in [-0.2, -0.15) is 0 Å². The summed E-state index contributed by atoms with van der Waals surface area (Å²) in [6.45, 7) is 6.41. The second kappa shape index (κ2) is 8.82. The number of carbonyl (C=O) groups is 1. The molecule has 1 amide bonds. The highest BCUT2D eigenvalue weighted by atomic mass is 32.1. The molecule has 0 unspecified atom stereocenters. The van der Waals surface area contributed by atoms with Crippen LogP contribution in [0.4, 0.5) is 10.8 Å². The first kappa shape index (κ1) is 19.7. The van der Waals surface area contributed by atoms with Crippen LogP contribution in [0, 0.1) is 5.92 Å². The van der Waals surface area contributed by atoms with Gasteiger partial charge in [-0.3, -0.25) is 4.79 Å². The number of nitrogens with zero attached hydrogens (tertiary/aromatic N) is 2. The van der Waals surface area contributed by atoms with Crippen molar-refractivity contribution in [2.45, 2.75) is 33.1 Å². The summed E-state index contributed by atoms with van der Waals surface area (Å²) in [5, 5.41) is 4.07. The summed E-state index contributed by atoms with van der Waals surface area (Å²) in [7, 11) is 0. The number of rotatable bonds is 6. The molecule has 29 heavy (non-hydrogen) atoms. The number of thiazole rings is 1. The van der Waals surface area contributed by atoms with Crippen molar-refractivity contribution in [1.29, 1.82) is 0 Å². The number of ether oxygens (including phenoxy) is 1. The van der Waals surface area contributed by atoms with E-state index in [2.05, 4.69) is 29.3 Å². The Labute approximate surface area is 175 Å². The molecule has 3 aromatic rings. The molecular formula is C23H27N3O2S. The number of aromatic nitrogens is 1. The number of hydrogen-bond acceptors (Lipinski definition) is 5. The average Bonchev–Trinajstić information content (AvgIpc) is 3.18. The lowest BCUT2D eigenvalue weighted by Crippen LogP contribution is -2.40. The summed E-state index contributed by atoms with van der Waals surface area (Å²) in [4.78, 5) is 19.9. The zero-order valence-corrected chi connectivity index (χ0v) is 17.8. The first-order valence-corrected chi connectivity index (χ1v) is 11.2. The Morgan fingerprint density at radius 1 is 1.24 bits per heavy atom. The Kier molecular flexibility index (Phi) is 6.00. The topological polar surface area (TPSA) is 54.5 Å². The molecule has 6 heteroatoms. The molecule has 5 nitrogen and oxygen atoms in total. The Bertz CT molecular complexity index is 983. The van der Waals surface area contributed by atoms with Crippen molar-refractivity contribution >= 4 is 38.3 Å². The van der Waals surface area contributed by atoms with Crippen LogP contribution in [-0.2, 0) is 11.2 Å². The van der Waals surface area contributed by atoms with Crippen molar-refractivity contribution in [3.05, 3.63) is 48.0 Å². The van der Waals surface area contributed by atoms with Crippen molar-refractivity contribution in [1.82, 2.24) is 4.98 Å². The maximum Gasteiger partial charge on any atom is 0.229 e. The fourth-order valence-electron chi connectivity index (χ4n) is 3.72. The number of hydrogen-bond donors (Lipinski definition) is 1. The van der Waals surface area contributed by atoms with Gasteiger partial charge in [0.15, 0.2) is 5.13 Å². The predicted molar refractivity (Wildman–Crippen MR) is 120 cm³/mol. The third kappa shape index (κ3) is 4.53. The fourth-order valence-corrected chi connectivity index (χ4v) is 4.75. The summed E-state index contributed by atoms with van der Waals surface area (Å²) in [5.74, 6) is 0.944. The van der Waals surface area contributed by atoms with Crippen LogP contribution in [-0.4, -0.2) is 30.6 Å². The van der Waals surface area contributed by atoms with Gasteiger partial charge in [0.2, 0.25) is 5.91 Å². The van der Waals surface area contributed by atoms with Crippen LogP contribution in [0.2, 0.25) is 0 Å². The maximum absolute atomic E-state index is 12.8. The van der Waals surface area contributed by atoms with E-state index in [1.807, 2.05) is 37.3 Å². The van der Waals surface area contributed by atoms with Crippen LogP contribution >= 0.6 is 11.3 Å². The van der Waals surface area contributed by atoms with E-state index in [9.17, 15) is 4.79 Å². The van der Waals surface area contributed by atoms with E-state index < -0.39 is 0 Å². The lowest BCUT2D eigenvalue weighted by atomic mass is 9.97. The summed E-state index contributed by atoms with van der Waals surface area (Å²) >= 11 is 1.67. The van der Waals surface area contributed by atoms with Crippen molar-refractivity contribution in [3.8, 4) is 5.75 Å². The number of piperidine rings is 1. The van der Waals surface area contributed by atoms with Gasteiger partial charge in [-0.1, -0.05) is 30.4 Å². The van der Waals surface area contributed by atoms with Crippen LogP contribution in [0.5, 0.6) is 5.75 Å². The van der Waals surface area contributed by atoms with Crippen molar-refractivity contribution in [2.75, 3.05) is 29.9 Å². The van der Waals surface area contributed by atoms with Crippen molar-refractivity contribution in [2.24, 2.45) is 5.92 Å². The first-order valence-electron chi connectivity index (χ1n) is 10.3. The van der Waals surface area contributed by atoms with Gasteiger partial charge in [-0.25, -0.2) is 4.98 Å². The quantitative estimate of drug-likeness (QED) is 0.614. The normalized spacial score (nSPS) is 16.8. The molecule has 1 atom stereocenters. The number of nitrogens with one attached hydrogen (secondary N) is 1. The van der Waals surface area contributed by atoms with E-state index in [0.717, 1.165) is 52.6 Å². The largest absolute Gasteiger partial charge is 0.494 e. The lowest BCUT2D eigenvalue weighted by molar-refractivity contribution is -0.120. The molecule has 0 radical (unpaired) electrons. The van der Waals surface area contributed by atoms with E-state index in [0.29, 0.717) is 13.2 Å². The summed E-state index contributed by atoms with van der Waals surface area (Å²) in [6, 6.07) is 14.1. The van der Waals surface area contributed by atoms with Gasteiger partial charge < -0.3 is 15.0 Å². The zero-order chi connectivity index (χ0) is 20.2. The Balaban J connectivity index is 1.44. The lowest BCUT2D eigenvalue weighted by Gasteiger charge is -2.31. The Hall–Kier alpha value is -2.60. The van der Waals surface area contributed by atoms with Gasteiger partial charge in [0.05, 0.1) is 22.7 Å². The van der Waals surface area contributed by atoms with Crippen LogP contribution < -0.4 is 15.0 Å². The van der Waals surface area contributed by atoms with Gasteiger partial charge in [0.1, 0.15) is 5.75 Å². The van der Waals surface area contributed by atoms with Gasteiger partial charge in [0.25, 0.3) is 0 Å². The number of anilines is 2. The predicted octanol–water partition coefficient (Wildman–Crippen LogP) is 5.11. The van der Waals surface area contributed by atoms with E-state index in [1.165, 1.54) is 5.56 Å². The van der Waals surface area contributed by atoms with Crippen LogP contribution in [0.1, 0.15) is 32.3 Å². The van der Waals surface area contributed by atoms with Gasteiger partial charge in [0, 0.05) is 18.8 Å². The molecule has 1 fully saturated rings. The minimum atomic E-state index is -0.0272. The molecule has 0 bridgehead atoms. The van der Waals surface area contributed by atoms with Crippen molar-refractivity contribution in [3.63, 3.8) is 0 Å². The van der Waals surface area contributed by atoms with E-state index in [4.69, 9.17) is 9.72 Å². The first-order chi connectivity index (χ1) is 14.2. The smallest absolute Gasteiger partial charge is 0.229 e. The van der Waals surface area contributed by atoms with Crippen LogP contribution in [0.25, 0.3) is 10.2 Å². The second-order valence-electron chi connectivity index (χ2n) is 7.38. The van der Waals surface area contributed by atoms with E-state index >= 15 is 0 Å². The molecule has 1 N–H and O–H groups in total. The molecule has 1 aliphatic rings. The highest BCUT2D eigenvalue weighted by Gasteiger charge is 2.27. The molecule has 152 valence electrons. The minimum Gasteiger partial charge on any atom is -0.494 e. The fraction of sp³-hybridized carbons (Fsp3) is 0.391. The molecule has 2 heterocycles. The zero-order valence-electron chi connectivity index (χ0n) is 17.0. The molecule has 1 saturated heterocycles. The van der Waals surface area contributed by atoms with Crippen LogP contribution in [0.3, 0.4) is 0 Å². The summed E-state index contributed by atoms with van der Waals surface area (Å²) < 4.78 is 6.72. The number of amides is 1. The number of aryl methyl sites for hydroxylation is 1. The van der Waals surface area contributed by atoms with Gasteiger partial charge >= 0.3 is 0 Å². The number of carbonyl (C=O) groups excluding carboxylic acids is 1. The third-order valence-corrected chi connectivity index (χ3v) is 6.43. The number of fused-ring (bicyclic) bond motifs is 1. The molecule has 4 rings (SSSR count). The summed E-state index contributed by atoms with van der Waals surface area (Å²) in [5.41, 5.74) is 3.12. The maximum atomic E-state index is 12.8. The van der Waals surface area contributed by atoms with Crippen LogP contribution in [0.15, 0.2) is 42.5 Å². The standard InChI is InChI=1S/C23H27N3O2S/c1-3-16-7-9-18(10-8-16)24-22(27)17-6-5-13-26(15-17)23-25-20-12-11-19(28-4-2)14-21(20)29-23/h7-12,14,17H,3-6,13,15H2,1-2H3,(H,24,27)/t17-/m1/s1. The molecule has 0 saturated carbocycles. The molecule has 1 aromatic heterocycles. The average molecular weight is 410 g/mol. The number of benzene rings is 2. The van der Waals surface area contributed by atoms with Crippen molar-refractivity contribution < 1.29 is 9.53 Å².